The number of benzene rings is 1. The molecule has 0 aliphatic carbocycles. The minimum atomic E-state index is 0.616. The summed E-state index contributed by atoms with van der Waals surface area (Å²) in [6.45, 7) is 0. The summed E-state index contributed by atoms with van der Waals surface area (Å²) in [5, 5.41) is 8.58. The Morgan fingerprint density at radius 3 is 2.54 bits per heavy atom. The van der Waals surface area contributed by atoms with Crippen molar-refractivity contribution in [1.29, 1.82) is 0 Å². The normalized spacial score (nSPS) is 10.3. The molecule has 0 fully saturated rings. The Kier molecular flexibility index (Phi) is 2.33. The van der Waals surface area contributed by atoms with Gasteiger partial charge in [0.15, 0.2) is 0 Å². The van der Waals surface area contributed by atoms with Crippen LogP contribution in [0.4, 0.5) is 0 Å². The molecule has 3 nitrogen and oxygen atoms in total. The average molecular weight is 259 g/mol. The van der Waals surface area contributed by atoms with Crippen molar-refractivity contribution in [2.24, 2.45) is 0 Å². The smallest absolute Gasteiger partial charge is 0.104 e. The first-order valence-electron chi connectivity index (χ1n) is 3.59. The molecular weight excluding hydrogens is 253 g/mol. The molecule has 0 N–H and O–H groups in total. The molecule has 0 spiro atoms. The van der Waals surface area contributed by atoms with E-state index in [1.165, 1.54) is 4.80 Å². The van der Waals surface area contributed by atoms with Crippen molar-refractivity contribution >= 4 is 27.5 Å². The summed E-state index contributed by atoms with van der Waals surface area (Å²) in [6.07, 6.45) is 3.22. The summed E-state index contributed by atoms with van der Waals surface area (Å²) in [4.78, 5) is 1.48. The lowest BCUT2D eigenvalue weighted by Gasteiger charge is -2.01. The van der Waals surface area contributed by atoms with E-state index in [4.69, 9.17) is 11.6 Å². The van der Waals surface area contributed by atoms with Crippen molar-refractivity contribution in [3.63, 3.8) is 0 Å². The van der Waals surface area contributed by atoms with Gasteiger partial charge in [-0.2, -0.15) is 15.0 Å². The molecule has 0 bridgehead atoms. The number of hydrogen-bond donors (Lipinski definition) is 0. The first-order chi connectivity index (χ1) is 6.27. The Labute approximate surface area is 88.5 Å². The van der Waals surface area contributed by atoms with Gasteiger partial charge < -0.3 is 0 Å². The fraction of sp³-hybridized carbons (Fsp3) is 0. The van der Waals surface area contributed by atoms with Crippen molar-refractivity contribution in [3.05, 3.63) is 40.1 Å². The van der Waals surface area contributed by atoms with E-state index in [0.29, 0.717) is 5.02 Å². The third-order valence-electron chi connectivity index (χ3n) is 1.54. The lowest BCUT2D eigenvalue weighted by molar-refractivity contribution is 0.752. The van der Waals surface area contributed by atoms with Crippen molar-refractivity contribution in [3.8, 4) is 5.69 Å². The third-order valence-corrected chi connectivity index (χ3v) is 2.34. The fourth-order valence-corrected chi connectivity index (χ4v) is 1.73. The van der Waals surface area contributed by atoms with Crippen LogP contribution in [0.1, 0.15) is 0 Å². The van der Waals surface area contributed by atoms with E-state index < -0.39 is 0 Å². The molecule has 0 atom stereocenters. The van der Waals surface area contributed by atoms with Crippen LogP contribution in [0.2, 0.25) is 5.02 Å². The number of nitrogens with zero attached hydrogens (tertiary/aromatic N) is 3. The molecule has 2 rings (SSSR count). The van der Waals surface area contributed by atoms with E-state index in [9.17, 15) is 0 Å². The maximum Gasteiger partial charge on any atom is 0.104 e. The standard InChI is InChI=1S/C8H5BrClN3/c9-6-1-2-8(7(10)5-6)13-11-3-4-12-13/h1-5H. The van der Waals surface area contributed by atoms with Gasteiger partial charge in [0.2, 0.25) is 0 Å². The van der Waals surface area contributed by atoms with Crippen LogP contribution in [0, 0.1) is 0 Å². The SMILES string of the molecule is Clc1cc(Br)ccc1-n1nccn1. The minimum absolute atomic E-state index is 0.616. The van der Waals surface area contributed by atoms with Crippen molar-refractivity contribution in [2.75, 3.05) is 0 Å². The van der Waals surface area contributed by atoms with Gasteiger partial charge in [0.1, 0.15) is 5.69 Å². The zero-order valence-electron chi connectivity index (χ0n) is 6.48. The largest absolute Gasteiger partial charge is 0.157 e. The summed E-state index contributed by atoms with van der Waals surface area (Å²) in [5.41, 5.74) is 0.773. The first-order valence-corrected chi connectivity index (χ1v) is 4.76. The zero-order valence-corrected chi connectivity index (χ0v) is 8.83. The van der Waals surface area contributed by atoms with Gasteiger partial charge in [-0.05, 0) is 18.2 Å². The van der Waals surface area contributed by atoms with Gasteiger partial charge in [-0.1, -0.05) is 27.5 Å². The van der Waals surface area contributed by atoms with E-state index in [-0.39, 0.29) is 0 Å². The van der Waals surface area contributed by atoms with Crippen LogP contribution in [-0.4, -0.2) is 15.0 Å². The zero-order chi connectivity index (χ0) is 9.26. The molecule has 1 aromatic carbocycles. The molecule has 0 saturated carbocycles. The summed E-state index contributed by atoms with van der Waals surface area (Å²) < 4.78 is 0.938. The van der Waals surface area contributed by atoms with Gasteiger partial charge in [-0.3, -0.25) is 0 Å². The highest BCUT2D eigenvalue weighted by Gasteiger charge is 2.03. The molecule has 2 aromatic rings. The van der Waals surface area contributed by atoms with Gasteiger partial charge in [0.25, 0.3) is 0 Å². The Balaban J connectivity index is 2.53. The van der Waals surface area contributed by atoms with Crippen LogP contribution >= 0.6 is 27.5 Å². The summed E-state index contributed by atoms with van der Waals surface area (Å²) in [5.74, 6) is 0. The average Bonchev–Trinajstić information content (AvgIpc) is 2.56. The van der Waals surface area contributed by atoms with E-state index in [0.717, 1.165) is 10.2 Å². The highest BCUT2D eigenvalue weighted by molar-refractivity contribution is 9.10. The predicted octanol–water partition coefficient (Wildman–Crippen LogP) is 2.68. The molecule has 1 heterocycles. The highest BCUT2D eigenvalue weighted by Crippen LogP contribution is 2.23. The van der Waals surface area contributed by atoms with Crippen LogP contribution in [0.3, 0.4) is 0 Å². The summed E-state index contributed by atoms with van der Waals surface area (Å²) in [6, 6.07) is 5.55. The molecule has 66 valence electrons. The van der Waals surface area contributed by atoms with Gasteiger partial charge in [-0.15, -0.1) is 0 Å². The van der Waals surface area contributed by atoms with E-state index >= 15 is 0 Å². The molecule has 0 saturated heterocycles. The molecule has 13 heavy (non-hydrogen) atoms. The second-order valence-electron chi connectivity index (χ2n) is 2.41. The lowest BCUT2D eigenvalue weighted by Crippen LogP contribution is -1.98. The minimum Gasteiger partial charge on any atom is -0.157 e. The van der Waals surface area contributed by atoms with E-state index in [2.05, 4.69) is 26.1 Å². The van der Waals surface area contributed by atoms with Crippen LogP contribution in [0.5, 0.6) is 0 Å². The molecule has 0 amide bonds. The molecule has 0 aliphatic heterocycles. The van der Waals surface area contributed by atoms with Gasteiger partial charge in [0.05, 0.1) is 17.4 Å². The third kappa shape index (κ3) is 1.73. The van der Waals surface area contributed by atoms with E-state index in [1.807, 2.05) is 12.1 Å². The number of rotatable bonds is 1. The van der Waals surface area contributed by atoms with Crippen molar-refractivity contribution < 1.29 is 0 Å². The highest BCUT2D eigenvalue weighted by atomic mass is 79.9. The van der Waals surface area contributed by atoms with Gasteiger partial charge in [0, 0.05) is 4.47 Å². The van der Waals surface area contributed by atoms with Crippen molar-refractivity contribution in [1.82, 2.24) is 15.0 Å². The van der Waals surface area contributed by atoms with Gasteiger partial charge >= 0.3 is 0 Å². The van der Waals surface area contributed by atoms with Crippen LogP contribution in [-0.2, 0) is 0 Å². The molecule has 5 heteroatoms. The van der Waals surface area contributed by atoms with Crippen molar-refractivity contribution in [2.45, 2.75) is 0 Å². The van der Waals surface area contributed by atoms with Crippen LogP contribution in [0.15, 0.2) is 35.1 Å². The topological polar surface area (TPSA) is 30.7 Å². The monoisotopic (exact) mass is 257 g/mol. The van der Waals surface area contributed by atoms with E-state index in [1.54, 1.807) is 18.5 Å². The van der Waals surface area contributed by atoms with Crippen LogP contribution in [0.25, 0.3) is 5.69 Å². The Bertz CT molecular complexity index is 413. The Morgan fingerprint density at radius 2 is 1.92 bits per heavy atom. The predicted molar refractivity (Wildman–Crippen MR) is 54.1 cm³/mol. The summed E-state index contributed by atoms with van der Waals surface area (Å²) >= 11 is 9.32. The second kappa shape index (κ2) is 3.47. The second-order valence-corrected chi connectivity index (χ2v) is 3.74. The molecule has 0 unspecified atom stereocenters. The van der Waals surface area contributed by atoms with Crippen LogP contribution < -0.4 is 0 Å². The molecular formula is C8H5BrClN3. The Morgan fingerprint density at radius 1 is 1.23 bits per heavy atom. The molecule has 1 aromatic heterocycles. The van der Waals surface area contributed by atoms with Gasteiger partial charge in [-0.25, -0.2) is 0 Å². The molecule has 0 radical (unpaired) electrons. The number of aromatic nitrogens is 3. The number of hydrogen-bond acceptors (Lipinski definition) is 2. The quantitative estimate of drug-likeness (QED) is 0.787. The molecule has 0 aliphatic rings. The Hall–Kier alpha value is -0.870. The first kappa shape index (κ1) is 8.72. The maximum atomic E-state index is 5.99. The lowest BCUT2D eigenvalue weighted by atomic mass is 10.3. The fourth-order valence-electron chi connectivity index (χ4n) is 0.984. The summed E-state index contributed by atoms with van der Waals surface area (Å²) in [7, 11) is 0. The number of halogens is 2. The maximum absolute atomic E-state index is 5.99.